The van der Waals surface area contributed by atoms with Gasteiger partial charge in [-0.25, -0.2) is 4.68 Å². The molecule has 1 aliphatic carbocycles. The fraction of sp³-hybridized carbons (Fsp3) is 0.484. The Labute approximate surface area is 240 Å². The van der Waals surface area contributed by atoms with Gasteiger partial charge in [-0.15, -0.1) is 5.10 Å². The highest BCUT2D eigenvalue weighted by molar-refractivity contribution is 5.90. The third-order valence-corrected chi connectivity index (χ3v) is 7.67. The number of aliphatic hydroxyl groups excluding tert-OH is 2. The van der Waals surface area contributed by atoms with E-state index >= 15 is 0 Å². The number of carbonyl (C=O) groups is 2. The number of nitrogens with zero attached hydrogens (tertiary/aromatic N) is 4. The van der Waals surface area contributed by atoms with Crippen LogP contribution in [0.4, 0.5) is 0 Å². The Bertz CT molecular complexity index is 1350. The monoisotopic (exact) mass is 561 g/mol. The zero-order chi connectivity index (χ0) is 29.1. The maximum Gasteiger partial charge on any atom is 0.248 e. The third kappa shape index (κ3) is 6.94. The lowest BCUT2D eigenvalue weighted by Crippen LogP contribution is -2.50. The smallest absolute Gasteiger partial charge is 0.248 e. The molecule has 10 nitrogen and oxygen atoms in total. The molecule has 0 spiro atoms. The van der Waals surface area contributed by atoms with Gasteiger partial charge in [0.15, 0.2) is 0 Å². The highest BCUT2D eigenvalue weighted by Gasteiger charge is 2.45. The molecule has 218 valence electrons. The normalized spacial score (nSPS) is 20.5. The lowest BCUT2D eigenvalue weighted by atomic mass is 9.85. The van der Waals surface area contributed by atoms with Crippen molar-refractivity contribution in [2.75, 3.05) is 13.1 Å². The predicted octanol–water partition coefficient (Wildman–Crippen LogP) is 3.13. The first-order chi connectivity index (χ1) is 19.6. The summed E-state index contributed by atoms with van der Waals surface area (Å²) in [5.74, 6) is 0.299. The molecule has 1 aromatic heterocycles. The average Bonchev–Trinajstić information content (AvgIpc) is 3.56. The molecule has 41 heavy (non-hydrogen) atoms. The summed E-state index contributed by atoms with van der Waals surface area (Å²) in [7, 11) is 0. The highest BCUT2D eigenvalue weighted by Crippen LogP contribution is 2.40. The van der Waals surface area contributed by atoms with Gasteiger partial charge in [0.1, 0.15) is 24.4 Å². The van der Waals surface area contributed by atoms with Gasteiger partial charge in [0, 0.05) is 31.6 Å². The molecule has 3 aromatic rings. The molecule has 1 saturated heterocycles. The van der Waals surface area contributed by atoms with Crippen LogP contribution in [0.3, 0.4) is 0 Å². The number of hydrogen-bond donors (Lipinski definition) is 3. The van der Waals surface area contributed by atoms with Gasteiger partial charge >= 0.3 is 0 Å². The van der Waals surface area contributed by atoms with Crippen molar-refractivity contribution in [3.05, 3.63) is 77.6 Å². The van der Waals surface area contributed by atoms with Crippen LogP contribution in [-0.2, 0) is 16.2 Å². The Balaban J connectivity index is 1.22. The number of hydrogen-bond acceptors (Lipinski definition) is 7. The Morgan fingerprint density at radius 3 is 2.59 bits per heavy atom. The number of amides is 2. The van der Waals surface area contributed by atoms with Crippen molar-refractivity contribution in [1.29, 1.82) is 0 Å². The summed E-state index contributed by atoms with van der Waals surface area (Å²) in [5.41, 5.74) is 2.00. The molecule has 2 aromatic carbocycles. The van der Waals surface area contributed by atoms with Gasteiger partial charge in [-0.3, -0.25) is 9.59 Å². The largest absolute Gasteiger partial charge is 0.489 e. The zero-order valence-corrected chi connectivity index (χ0v) is 23.8. The molecule has 1 unspecified atom stereocenters. The van der Waals surface area contributed by atoms with Crippen LogP contribution >= 0.6 is 0 Å². The summed E-state index contributed by atoms with van der Waals surface area (Å²) in [4.78, 5) is 28.6. The first-order valence-corrected chi connectivity index (χ1v) is 14.2. The molecule has 5 rings (SSSR count). The molecule has 1 aliphatic heterocycles. The Hall–Kier alpha value is -3.76. The maximum atomic E-state index is 13.9. The van der Waals surface area contributed by atoms with Crippen LogP contribution in [0, 0.1) is 5.41 Å². The van der Waals surface area contributed by atoms with Crippen LogP contribution in [-0.4, -0.2) is 67.2 Å². The summed E-state index contributed by atoms with van der Waals surface area (Å²) in [6.45, 7) is 6.25. The number of ether oxygens (including phenoxy) is 1. The summed E-state index contributed by atoms with van der Waals surface area (Å²) in [6, 6.07) is 15.4. The molecule has 10 heteroatoms. The van der Waals surface area contributed by atoms with Gasteiger partial charge in [-0.05, 0) is 41.5 Å². The van der Waals surface area contributed by atoms with E-state index in [-0.39, 0.29) is 25.4 Å². The Kier molecular flexibility index (Phi) is 8.42. The topological polar surface area (TPSA) is 130 Å². The lowest BCUT2D eigenvalue weighted by Gasteiger charge is -2.34. The maximum absolute atomic E-state index is 13.9. The zero-order valence-electron chi connectivity index (χ0n) is 23.8. The Morgan fingerprint density at radius 2 is 1.88 bits per heavy atom. The average molecular weight is 562 g/mol. The van der Waals surface area contributed by atoms with Gasteiger partial charge in [0.25, 0.3) is 0 Å². The molecule has 0 radical (unpaired) electrons. The minimum atomic E-state index is -0.979. The summed E-state index contributed by atoms with van der Waals surface area (Å²) in [6.07, 6.45) is 2.30. The van der Waals surface area contributed by atoms with Gasteiger partial charge in [-0.1, -0.05) is 68.4 Å². The van der Waals surface area contributed by atoms with Crippen molar-refractivity contribution >= 4 is 11.8 Å². The van der Waals surface area contributed by atoms with Crippen molar-refractivity contribution < 1.29 is 24.5 Å². The summed E-state index contributed by atoms with van der Waals surface area (Å²) in [5, 5.41) is 32.6. The first kappa shape index (κ1) is 28.8. The second-order valence-electron chi connectivity index (χ2n) is 12.2. The molecule has 4 atom stereocenters. The van der Waals surface area contributed by atoms with E-state index in [2.05, 4.69) is 15.6 Å². The van der Waals surface area contributed by atoms with Crippen molar-refractivity contribution in [2.45, 2.75) is 76.9 Å². The molecule has 2 amide bonds. The van der Waals surface area contributed by atoms with Crippen LogP contribution in [0.15, 0.2) is 60.8 Å². The number of aliphatic hydroxyl groups is 2. The van der Waals surface area contributed by atoms with E-state index < -0.39 is 35.6 Å². The van der Waals surface area contributed by atoms with E-state index in [0.717, 1.165) is 24.1 Å². The number of aromatic nitrogens is 3. The molecule has 1 saturated carbocycles. The first-order valence-electron chi connectivity index (χ1n) is 14.2. The summed E-state index contributed by atoms with van der Waals surface area (Å²) < 4.78 is 7.47. The number of rotatable bonds is 10. The number of likely N-dealkylation sites (tertiary alicyclic amines) is 1. The highest BCUT2D eigenvalue weighted by atomic mass is 16.5. The number of β-amino-alcohol motifs (C(OH)–C–C–N with tert-alkyl or cyclic N) is 1. The minimum Gasteiger partial charge on any atom is -0.489 e. The van der Waals surface area contributed by atoms with Gasteiger partial charge in [-0.2, -0.15) is 0 Å². The second-order valence-corrected chi connectivity index (χ2v) is 12.2. The standard InChI is InChI=1S/C31H39N5O5/c1-31(2,3)28(36-18-25(33-34-36)21-12-13-21)30(40)35-17-23(37)15-26(35)29(39)32-16-27(38)22-10-7-11-24(14-22)41-19-20-8-5-4-6-9-20/h4-11,14,18,21,23,26-28,37-38H,12-13,15-17,19H2,1-3H3,(H,32,39)/t23-,26+,27?,28-/m1/s1. The van der Waals surface area contributed by atoms with Crippen molar-refractivity contribution in [1.82, 2.24) is 25.2 Å². The fourth-order valence-electron chi connectivity index (χ4n) is 5.31. The van der Waals surface area contributed by atoms with E-state index in [1.54, 1.807) is 22.9 Å². The fourth-order valence-corrected chi connectivity index (χ4v) is 5.31. The molecule has 2 fully saturated rings. The van der Waals surface area contributed by atoms with E-state index in [0.29, 0.717) is 23.8 Å². The van der Waals surface area contributed by atoms with E-state index in [9.17, 15) is 19.8 Å². The van der Waals surface area contributed by atoms with Crippen molar-refractivity contribution in [3.63, 3.8) is 0 Å². The van der Waals surface area contributed by atoms with Crippen LogP contribution in [0.5, 0.6) is 5.75 Å². The molecule has 3 N–H and O–H groups in total. The molecule has 2 heterocycles. The van der Waals surface area contributed by atoms with Crippen LogP contribution in [0.1, 0.15) is 74.9 Å². The van der Waals surface area contributed by atoms with Crippen molar-refractivity contribution in [2.24, 2.45) is 5.41 Å². The molecular formula is C31H39N5O5. The molecule has 0 bridgehead atoms. The van der Waals surface area contributed by atoms with Crippen LogP contribution < -0.4 is 10.1 Å². The quantitative estimate of drug-likeness (QED) is 0.347. The number of nitrogens with one attached hydrogen (secondary N) is 1. The van der Waals surface area contributed by atoms with E-state index in [1.165, 1.54) is 4.90 Å². The number of benzene rings is 2. The minimum absolute atomic E-state index is 0.0495. The lowest BCUT2D eigenvalue weighted by molar-refractivity contribution is -0.144. The molecular weight excluding hydrogens is 522 g/mol. The van der Waals surface area contributed by atoms with Gasteiger partial charge in [0.05, 0.1) is 17.9 Å². The third-order valence-electron chi connectivity index (χ3n) is 7.67. The predicted molar refractivity (Wildman–Crippen MR) is 152 cm³/mol. The van der Waals surface area contributed by atoms with E-state index in [1.807, 2.05) is 63.4 Å². The summed E-state index contributed by atoms with van der Waals surface area (Å²) >= 11 is 0. The second kappa shape index (κ2) is 12.0. The van der Waals surface area contributed by atoms with Gasteiger partial charge in [0.2, 0.25) is 11.8 Å². The van der Waals surface area contributed by atoms with Crippen molar-refractivity contribution in [3.8, 4) is 5.75 Å². The SMILES string of the molecule is CC(C)(C)[C@@H](C(=O)N1C[C@H](O)C[C@H]1C(=O)NCC(O)c1cccc(OCc2ccccc2)c1)n1cc(C2CC2)nn1. The Morgan fingerprint density at radius 1 is 1.12 bits per heavy atom. The van der Waals surface area contributed by atoms with Crippen LogP contribution in [0.25, 0.3) is 0 Å². The number of carbonyl (C=O) groups excluding carboxylic acids is 2. The van der Waals surface area contributed by atoms with E-state index in [4.69, 9.17) is 4.74 Å². The molecule has 2 aliphatic rings. The van der Waals surface area contributed by atoms with Crippen LogP contribution in [0.2, 0.25) is 0 Å². The van der Waals surface area contributed by atoms with Gasteiger partial charge < -0.3 is 25.2 Å².